The van der Waals surface area contributed by atoms with Gasteiger partial charge in [0.2, 0.25) is 0 Å². The van der Waals surface area contributed by atoms with Crippen molar-refractivity contribution in [3.63, 3.8) is 0 Å². The molecule has 1 saturated heterocycles. The number of rotatable bonds is 4. The minimum Gasteiger partial charge on any atom is -0.491 e. The minimum absolute atomic E-state index is 0.0716. The third-order valence-corrected chi connectivity index (χ3v) is 3.71. The molecule has 110 valence electrons. The minimum atomic E-state index is 0.0716. The van der Waals surface area contributed by atoms with Crippen LogP contribution in [0.2, 0.25) is 0 Å². The molecule has 1 aliphatic heterocycles. The molecule has 20 heavy (non-hydrogen) atoms. The van der Waals surface area contributed by atoms with Gasteiger partial charge in [-0.2, -0.15) is 0 Å². The zero-order chi connectivity index (χ0) is 14.7. The van der Waals surface area contributed by atoms with Crippen LogP contribution in [-0.2, 0) is 0 Å². The first-order valence-electron chi connectivity index (χ1n) is 7.29. The highest BCUT2D eigenvalue weighted by atomic mass is 16.5. The van der Waals surface area contributed by atoms with Crippen LogP contribution in [0.4, 0.5) is 0 Å². The van der Waals surface area contributed by atoms with Crippen LogP contribution in [-0.4, -0.2) is 36.0 Å². The van der Waals surface area contributed by atoms with Gasteiger partial charge in [0.05, 0.1) is 6.10 Å². The molecule has 0 aromatic heterocycles. The van der Waals surface area contributed by atoms with Gasteiger partial charge in [0.1, 0.15) is 5.75 Å². The van der Waals surface area contributed by atoms with Crippen molar-refractivity contribution in [2.75, 3.05) is 13.1 Å². The van der Waals surface area contributed by atoms with E-state index in [1.807, 2.05) is 49.9 Å². The van der Waals surface area contributed by atoms with E-state index in [2.05, 4.69) is 0 Å². The standard InChI is InChI=1S/C16H24N2O2/c1-11(2)20-15-6-4-5-13(9-15)16(19)18-8-7-14(10-18)12(3)17/h4-6,9,11-12,14H,7-8,10,17H2,1-3H3. The Bertz CT molecular complexity index is 471. The van der Waals surface area contributed by atoms with Gasteiger partial charge in [0.15, 0.2) is 0 Å². The molecule has 2 N–H and O–H groups in total. The molecule has 1 aromatic carbocycles. The SMILES string of the molecule is CC(C)Oc1cccc(C(=O)N2CCC(C(C)N)C2)c1. The third-order valence-electron chi connectivity index (χ3n) is 3.71. The number of nitrogens with zero attached hydrogens (tertiary/aromatic N) is 1. The highest BCUT2D eigenvalue weighted by Gasteiger charge is 2.29. The summed E-state index contributed by atoms with van der Waals surface area (Å²) in [5, 5.41) is 0. The Labute approximate surface area is 120 Å². The first-order valence-corrected chi connectivity index (χ1v) is 7.29. The molecule has 0 spiro atoms. The summed E-state index contributed by atoms with van der Waals surface area (Å²) in [6.45, 7) is 7.51. The topological polar surface area (TPSA) is 55.6 Å². The molecule has 1 heterocycles. The van der Waals surface area contributed by atoms with E-state index < -0.39 is 0 Å². The molecule has 1 aliphatic rings. The molecule has 2 atom stereocenters. The van der Waals surface area contributed by atoms with Gasteiger partial charge in [-0.15, -0.1) is 0 Å². The number of nitrogens with two attached hydrogens (primary N) is 1. The lowest BCUT2D eigenvalue weighted by Crippen LogP contribution is -2.33. The van der Waals surface area contributed by atoms with Gasteiger partial charge in [-0.1, -0.05) is 6.07 Å². The number of likely N-dealkylation sites (tertiary alicyclic amines) is 1. The summed E-state index contributed by atoms with van der Waals surface area (Å²) in [7, 11) is 0. The maximum atomic E-state index is 12.5. The molecule has 4 nitrogen and oxygen atoms in total. The summed E-state index contributed by atoms with van der Waals surface area (Å²) in [6, 6.07) is 7.55. The van der Waals surface area contributed by atoms with Gasteiger partial charge in [0.25, 0.3) is 5.91 Å². The highest BCUT2D eigenvalue weighted by Crippen LogP contribution is 2.22. The maximum absolute atomic E-state index is 12.5. The maximum Gasteiger partial charge on any atom is 0.253 e. The Kier molecular flexibility index (Phi) is 4.65. The van der Waals surface area contributed by atoms with Crippen molar-refractivity contribution in [3.8, 4) is 5.75 Å². The lowest BCUT2D eigenvalue weighted by atomic mass is 10.0. The van der Waals surface area contributed by atoms with E-state index in [4.69, 9.17) is 10.5 Å². The fourth-order valence-electron chi connectivity index (χ4n) is 2.56. The average Bonchev–Trinajstić information content (AvgIpc) is 2.87. The lowest BCUT2D eigenvalue weighted by Gasteiger charge is -2.19. The van der Waals surface area contributed by atoms with Crippen LogP contribution in [0.5, 0.6) is 5.75 Å². The van der Waals surface area contributed by atoms with Gasteiger partial charge < -0.3 is 15.4 Å². The Hall–Kier alpha value is -1.55. The zero-order valence-electron chi connectivity index (χ0n) is 12.5. The number of benzene rings is 1. The van der Waals surface area contributed by atoms with E-state index in [-0.39, 0.29) is 18.1 Å². The molecule has 2 rings (SSSR count). The Morgan fingerprint density at radius 1 is 1.40 bits per heavy atom. The Balaban J connectivity index is 2.06. The first-order chi connectivity index (χ1) is 9.47. The summed E-state index contributed by atoms with van der Waals surface area (Å²) in [4.78, 5) is 14.4. The molecule has 0 bridgehead atoms. The lowest BCUT2D eigenvalue weighted by molar-refractivity contribution is 0.0785. The molecule has 0 saturated carbocycles. The number of hydrogen-bond acceptors (Lipinski definition) is 3. The third kappa shape index (κ3) is 3.51. The molecule has 1 amide bonds. The van der Waals surface area contributed by atoms with Crippen LogP contribution in [0.25, 0.3) is 0 Å². The molecular weight excluding hydrogens is 252 g/mol. The number of carbonyl (C=O) groups is 1. The van der Waals surface area contributed by atoms with Crippen molar-refractivity contribution >= 4 is 5.91 Å². The van der Waals surface area contributed by atoms with Gasteiger partial charge in [-0.05, 0) is 51.3 Å². The summed E-state index contributed by atoms with van der Waals surface area (Å²) < 4.78 is 5.64. The molecule has 2 unspecified atom stereocenters. The number of amides is 1. The zero-order valence-corrected chi connectivity index (χ0v) is 12.5. The summed E-state index contributed by atoms with van der Waals surface area (Å²) in [6.07, 6.45) is 1.10. The fourth-order valence-corrected chi connectivity index (χ4v) is 2.56. The van der Waals surface area contributed by atoms with Gasteiger partial charge >= 0.3 is 0 Å². The van der Waals surface area contributed by atoms with Crippen molar-refractivity contribution in [2.45, 2.75) is 39.3 Å². The second-order valence-corrected chi connectivity index (χ2v) is 5.85. The van der Waals surface area contributed by atoms with E-state index in [9.17, 15) is 4.79 Å². The van der Waals surface area contributed by atoms with Crippen molar-refractivity contribution in [3.05, 3.63) is 29.8 Å². The number of hydrogen-bond donors (Lipinski definition) is 1. The Morgan fingerprint density at radius 3 is 2.75 bits per heavy atom. The smallest absolute Gasteiger partial charge is 0.253 e. The fraction of sp³-hybridized carbons (Fsp3) is 0.562. The van der Waals surface area contributed by atoms with Crippen LogP contribution in [0.1, 0.15) is 37.6 Å². The number of carbonyl (C=O) groups excluding carboxylic acids is 1. The van der Waals surface area contributed by atoms with Crippen LogP contribution < -0.4 is 10.5 Å². The van der Waals surface area contributed by atoms with E-state index >= 15 is 0 Å². The highest BCUT2D eigenvalue weighted by molar-refractivity contribution is 5.94. The quantitative estimate of drug-likeness (QED) is 0.918. The normalized spacial score (nSPS) is 20.2. The molecule has 0 radical (unpaired) electrons. The van der Waals surface area contributed by atoms with Gasteiger partial charge in [0, 0.05) is 24.7 Å². The number of ether oxygens (including phenoxy) is 1. The van der Waals surface area contributed by atoms with Crippen LogP contribution in [0.15, 0.2) is 24.3 Å². The van der Waals surface area contributed by atoms with Crippen molar-refractivity contribution in [1.82, 2.24) is 4.90 Å². The second-order valence-electron chi connectivity index (χ2n) is 5.85. The van der Waals surface area contributed by atoms with E-state index in [0.29, 0.717) is 11.5 Å². The predicted octanol–water partition coefficient (Wildman–Crippen LogP) is 2.28. The van der Waals surface area contributed by atoms with Crippen molar-refractivity contribution in [2.24, 2.45) is 11.7 Å². The molecular formula is C16H24N2O2. The monoisotopic (exact) mass is 276 g/mol. The summed E-state index contributed by atoms with van der Waals surface area (Å²) in [5.41, 5.74) is 6.61. The van der Waals surface area contributed by atoms with E-state index in [1.165, 1.54) is 0 Å². The summed E-state index contributed by atoms with van der Waals surface area (Å²) in [5.74, 6) is 1.23. The van der Waals surface area contributed by atoms with Gasteiger partial charge in [-0.3, -0.25) is 4.79 Å². The summed E-state index contributed by atoms with van der Waals surface area (Å²) >= 11 is 0. The van der Waals surface area contributed by atoms with Crippen LogP contribution >= 0.6 is 0 Å². The largest absolute Gasteiger partial charge is 0.491 e. The Morgan fingerprint density at radius 2 is 2.15 bits per heavy atom. The van der Waals surface area contributed by atoms with Crippen LogP contribution in [0, 0.1) is 5.92 Å². The molecule has 1 fully saturated rings. The first kappa shape index (κ1) is 14.9. The van der Waals surface area contributed by atoms with Crippen molar-refractivity contribution in [1.29, 1.82) is 0 Å². The molecule has 1 aromatic rings. The predicted molar refractivity (Wildman–Crippen MR) is 79.9 cm³/mol. The molecule has 0 aliphatic carbocycles. The van der Waals surface area contributed by atoms with E-state index in [1.54, 1.807) is 0 Å². The van der Waals surface area contributed by atoms with Crippen LogP contribution in [0.3, 0.4) is 0 Å². The second kappa shape index (κ2) is 6.27. The van der Waals surface area contributed by atoms with E-state index in [0.717, 1.165) is 25.3 Å². The van der Waals surface area contributed by atoms with Crippen molar-refractivity contribution < 1.29 is 9.53 Å². The van der Waals surface area contributed by atoms with Gasteiger partial charge in [-0.25, -0.2) is 0 Å². The molecule has 4 heteroatoms. The average molecular weight is 276 g/mol.